The molecule has 1 aliphatic carbocycles. The highest BCUT2D eigenvalue weighted by Gasteiger charge is 2.29. The molecule has 0 unspecified atom stereocenters. The van der Waals surface area contributed by atoms with E-state index in [1.807, 2.05) is 50.2 Å². The van der Waals surface area contributed by atoms with Crippen LogP contribution >= 0.6 is 0 Å². The van der Waals surface area contributed by atoms with Gasteiger partial charge in [0.1, 0.15) is 0 Å². The number of carbonyl (C=O) groups is 2. The molecule has 0 saturated heterocycles. The molecule has 1 saturated carbocycles. The van der Waals surface area contributed by atoms with Crippen LogP contribution in [0.5, 0.6) is 0 Å². The molecule has 0 spiro atoms. The molecule has 2 N–H and O–H groups in total. The monoisotopic (exact) mass is 334 g/mol. The lowest BCUT2D eigenvalue weighted by molar-refractivity contribution is -0.117. The maximum absolute atomic E-state index is 12.2. The van der Waals surface area contributed by atoms with Gasteiger partial charge in [-0.15, -0.1) is 0 Å². The number of amides is 2. The van der Waals surface area contributed by atoms with Gasteiger partial charge in [-0.25, -0.2) is 0 Å². The van der Waals surface area contributed by atoms with Gasteiger partial charge in [-0.1, -0.05) is 35.9 Å². The van der Waals surface area contributed by atoms with Crippen molar-refractivity contribution in [2.45, 2.75) is 26.7 Å². The molecule has 3 rings (SSSR count). The van der Waals surface area contributed by atoms with Crippen molar-refractivity contribution < 1.29 is 9.59 Å². The Morgan fingerprint density at radius 3 is 2.56 bits per heavy atom. The summed E-state index contributed by atoms with van der Waals surface area (Å²) in [4.78, 5) is 24.1. The van der Waals surface area contributed by atoms with Gasteiger partial charge in [0.05, 0.1) is 0 Å². The van der Waals surface area contributed by atoms with E-state index in [1.54, 1.807) is 12.1 Å². The number of hydrogen-bond donors (Lipinski definition) is 2. The summed E-state index contributed by atoms with van der Waals surface area (Å²) in [5, 5.41) is 5.78. The van der Waals surface area contributed by atoms with E-state index >= 15 is 0 Å². The van der Waals surface area contributed by atoms with Crippen molar-refractivity contribution in [2.75, 3.05) is 10.6 Å². The molecule has 0 radical (unpaired) electrons. The number of rotatable bonds is 5. The minimum atomic E-state index is -0.199. The number of hydrogen-bond acceptors (Lipinski definition) is 2. The lowest BCUT2D eigenvalue weighted by atomic mass is 10.1. The van der Waals surface area contributed by atoms with Gasteiger partial charge in [0.15, 0.2) is 0 Å². The molecule has 4 heteroatoms. The van der Waals surface area contributed by atoms with Crippen molar-refractivity contribution in [1.82, 2.24) is 0 Å². The zero-order valence-electron chi connectivity index (χ0n) is 14.5. The topological polar surface area (TPSA) is 58.2 Å². The summed E-state index contributed by atoms with van der Waals surface area (Å²) < 4.78 is 0. The Labute approximate surface area is 148 Å². The Morgan fingerprint density at radius 2 is 1.84 bits per heavy atom. The third kappa shape index (κ3) is 4.80. The summed E-state index contributed by atoms with van der Waals surface area (Å²) in [5.74, 6) is 0.00681. The largest absolute Gasteiger partial charge is 0.326 e. The van der Waals surface area contributed by atoms with E-state index in [0.717, 1.165) is 29.5 Å². The van der Waals surface area contributed by atoms with Crippen molar-refractivity contribution in [1.29, 1.82) is 0 Å². The quantitative estimate of drug-likeness (QED) is 0.801. The lowest BCUT2D eigenvalue weighted by Crippen LogP contribution is -2.14. The van der Waals surface area contributed by atoms with Crippen LogP contribution in [0, 0.1) is 19.8 Å². The Balaban J connectivity index is 1.66. The molecule has 1 aliphatic rings. The number of benzene rings is 2. The fourth-order valence-electron chi connectivity index (χ4n) is 2.54. The van der Waals surface area contributed by atoms with Crippen LogP contribution in [0.25, 0.3) is 6.08 Å². The van der Waals surface area contributed by atoms with Gasteiger partial charge in [0, 0.05) is 23.4 Å². The minimum Gasteiger partial charge on any atom is -0.326 e. The van der Waals surface area contributed by atoms with Gasteiger partial charge in [0.2, 0.25) is 11.8 Å². The fraction of sp³-hybridized carbons (Fsp3) is 0.238. The number of carbonyl (C=O) groups excluding carboxylic acids is 2. The summed E-state index contributed by atoms with van der Waals surface area (Å²) in [6.07, 6.45) is 5.23. The molecule has 0 heterocycles. The van der Waals surface area contributed by atoms with Crippen LogP contribution in [0.3, 0.4) is 0 Å². The predicted molar refractivity (Wildman–Crippen MR) is 101 cm³/mol. The average molecular weight is 334 g/mol. The molecule has 2 aromatic carbocycles. The third-order valence-electron chi connectivity index (χ3n) is 4.18. The van der Waals surface area contributed by atoms with E-state index in [9.17, 15) is 9.59 Å². The number of nitrogens with one attached hydrogen (secondary N) is 2. The second-order valence-corrected chi connectivity index (χ2v) is 6.53. The van der Waals surface area contributed by atoms with Gasteiger partial charge < -0.3 is 10.6 Å². The molecular formula is C21H22N2O2. The zero-order valence-corrected chi connectivity index (χ0v) is 14.5. The third-order valence-corrected chi connectivity index (χ3v) is 4.18. The second-order valence-electron chi connectivity index (χ2n) is 6.53. The number of aryl methyl sites for hydroxylation is 2. The highest BCUT2D eigenvalue weighted by molar-refractivity contribution is 6.03. The van der Waals surface area contributed by atoms with Crippen molar-refractivity contribution in [3.05, 3.63) is 65.2 Å². The van der Waals surface area contributed by atoms with Crippen LogP contribution in [0.1, 0.15) is 29.5 Å². The molecule has 0 aromatic heterocycles. The van der Waals surface area contributed by atoms with E-state index in [-0.39, 0.29) is 17.7 Å². The summed E-state index contributed by atoms with van der Waals surface area (Å²) in [5.41, 5.74) is 4.49. The molecule has 2 aromatic rings. The Kier molecular flexibility index (Phi) is 4.98. The Hall–Kier alpha value is -2.88. The fourth-order valence-corrected chi connectivity index (χ4v) is 2.54. The molecule has 0 atom stereocenters. The second kappa shape index (κ2) is 7.34. The lowest BCUT2D eigenvalue weighted by Gasteiger charge is -2.10. The van der Waals surface area contributed by atoms with Crippen molar-refractivity contribution in [3.8, 4) is 0 Å². The van der Waals surface area contributed by atoms with E-state index in [4.69, 9.17) is 0 Å². The molecule has 25 heavy (non-hydrogen) atoms. The highest BCUT2D eigenvalue weighted by atomic mass is 16.2. The number of anilines is 2. The first kappa shape index (κ1) is 17.0. The van der Waals surface area contributed by atoms with E-state index < -0.39 is 0 Å². The molecule has 1 fully saturated rings. The molecule has 0 bridgehead atoms. The van der Waals surface area contributed by atoms with Gasteiger partial charge in [0.25, 0.3) is 0 Å². The van der Waals surface area contributed by atoms with Gasteiger partial charge >= 0.3 is 0 Å². The van der Waals surface area contributed by atoms with Crippen molar-refractivity contribution in [3.63, 3.8) is 0 Å². The van der Waals surface area contributed by atoms with Crippen LogP contribution in [-0.4, -0.2) is 11.8 Å². The Morgan fingerprint density at radius 1 is 1.04 bits per heavy atom. The van der Waals surface area contributed by atoms with E-state index in [0.29, 0.717) is 11.4 Å². The first-order valence-electron chi connectivity index (χ1n) is 8.48. The standard InChI is InChI=1S/C21H22N2O2/c1-14-4-3-5-16(12-14)7-11-20(24)23-19-13-18(10-6-15(19)2)22-21(25)17-8-9-17/h3-7,10-13,17H,8-9H2,1-2H3,(H,22,25)(H,23,24). The van der Waals surface area contributed by atoms with Crippen LogP contribution in [-0.2, 0) is 9.59 Å². The van der Waals surface area contributed by atoms with Gasteiger partial charge in [-0.2, -0.15) is 0 Å². The predicted octanol–water partition coefficient (Wildman–Crippen LogP) is 4.30. The SMILES string of the molecule is Cc1cccc(C=CC(=O)Nc2cc(NC(=O)C3CC3)ccc2C)c1. The maximum atomic E-state index is 12.2. The maximum Gasteiger partial charge on any atom is 0.248 e. The summed E-state index contributed by atoms with van der Waals surface area (Å²) in [6, 6.07) is 13.5. The highest BCUT2D eigenvalue weighted by Crippen LogP contribution is 2.30. The van der Waals surface area contributed by atoms with Crippen molar-refractivity contribution >= 4 is 29.3 Å². The first-order chi connectivity index (χ1) is 12.0. The smallest absolute Gasteiger partial charge is 0.248 e. The molecule has 2 amide bonds. The molecule has 0 aliphatic heterocycles. The molecule has 4 nitrogen and oxygen atoms in total. The van der Waals surface area contributed by atoms with Crippen LogP contribution in [0.2, 0.25) is 0 Å². The molecule has 128 valence electrons. The minimum absolute atomic E-state index is 0.0560. The van der Waals surface area contributed by atoms with Gasteiger partial charge in [-0.3, -0.25) is 9.59 Å². The average Bonchev–Trinajstić information content (AvgIpc) is 3.41. The summed E-state index contributed by atoms with van der Waals surface area (Å²) in [7, 11) is 0. The Bertz CT molecular complexity index is 836. The first-order valence-corrected chi connectivity index (χ1v) is 8.48. The summed E-state index contributed by atoms with van der Waals surface area (Å²) in [6.45, 7) is 3.94. The zero-order chi connectivity index (χ0) is 17.8. The van der Waals surface area contributed by atoms with Crippen LogP contribution < -0.4 is 10.6 Å². The van der Waals surface area contributed by atoms with Crippen LogP contribution in [0.4, 0.5) is 11.4 Å². The normalized spacial score (nSPS) is 13.7. The van der Waals surface area contributed by atoms with E-state index in [1.165, 1.54) is 6.08 Å². The molecular weight excluding hydrogens is 312 g/mol. The van der Waals surface area contributed by atoms with Crippen LogP contribution in [0.15, 0.2) is 48.5 Å². The summed E-state index contributed by atoms with van der Waals surface area (Å²) >= 11 is 0. The van der Waals surface area contributed by atoms with Gasteiger partial charge in [-0.05, 0) is 56.0 Å². The van der Waals surface area contributed by atoms with E-state index in [2.05, 4.69) is 10.6 Å². The van der Waals surface area contributed by atoms with Crippen molar-refractivity contribution in [2.24, 2.45) is 5.92 Å².